The second-order valence-corrected chi connectivity index (χ2v) is 8.44. The number of tetrazole rings is 1. The van der Waals surface area contributed by atoms with Gasteiger partial charge < -0.3 is 14.4 Å². The number of amides is 1. The number of rotatable bonds is 5. The van der Waals surface area contributed by atoms with Crippen LogP contribution in [0.5, 0.6) is 11.5 Å². The molecule has 1 fully saturated rings. The number of aromatic nitrogens is 4. The average Bonchev–Trinajstić information content (AvgIpc) is 3.43. The molecule has 0 radical (unpaired) electrons. The second kappa shape index (κ2) is 8.97. The summed E-state index contributed by atoms with van der Waals surface area (Å²) in [6.45, 7) is 2.07. The van der Waals surface area contributed by atoms with Crippen LogP contribution in [-0.2, 0) is 4.79 Å². The summed E-state index contributed by atoms with van der Waals surface area (Å²) in [6, 6.07) is 15.8. The molecule has 31 heavy (non-hydrogen) atoms. The molecule has 2 aromatic carbocycles. The SMILES string of the molecule is O=C(CSc1nnnn1-c1ccccc1)N1CCC[C@@H]1c1ccc2c(c1)OCCCO2. The van der Waals surface area contributed by atoms with Crippen LogP contribution in [0.2, 0.25) is 0 Å². The van der Waals surface area contributed by atoms with Gasteiger partial charge >= 0.3 is 0 Å². The maximum absolute atomic E-state index is 13.1. The normalized spacial score (nSPS) is 18.1. The molecule has 1 saturated heterocycles. The van der Waals surface area contributed by atoms with Gasteiger partial charge in [0.1, 0.15) is 0 Å². The third-order valence-electron chi connectivity index (χ3n) is 5.50. The summed E-state index contributed by atoms with van der Waals surface area (Å²) < 4.78 is 13.2. The highest BCUT2D eigenvalue weighted by atomic mass is 32.2. The van der Waals surface area contributed by atoms with Gasteiger partial charge in [-0.05, 0) is 53.1 Å². The zero-order chi connectivity index (χ0) is 21.0. The molecule has 2 aliphatic heterocycles. The maximum Gasteiger partial charge on any atom is 0.233 e. The van der Waals surface area contributed by atoms with E-state index in [0.717, 1.165) is 48.6 Å². The number of likely N-dealkylation sites (tertiary alicyclic amines) is 1. The Morgan fingerprint density at radius 3 is 2.77 bits per heavy atom. The molecular formula is C22H23N5O3S. The first-order valence-electron chi connectivity index (χ1n) is 10.5. The van der Waals surface area contributed by atoms with Gasteiger partial charge in [0.25, 0.3) is 0 Å². The van der Waals surface area contributed by atoms with Crippen LogP contribution in [-0.4, -0.2) is 56.5 Å². The molecule has 0 aliphatic carbocycles. The van der Waals surface area contributed by atoms with E-state index >= 15 is 0 Å². The van der Waals surface area contributed by atoms with Gasteiger partial charge in [-0.1, -0.05) is 36.0 Å². The van der Waals surface area contributed by atoms with Crippen LogP contribution in [0.3, 0.4) is 0 Å². The summed E-state index contributed by atoms with van der Waals surface area (Å²) in [5, 5.41) is 12.5. The standard InChI is InChI=1S/C22H23N5O3S/c28-21(15-31-22-23-24-25-27(22)17-6-2-1-3-7-17)26-11-4-8-18(26)16-9-10-19-20(14-16)30-13-5-12-29-19/h1-3,6-7,9-10,14,18H,4-5,8,11-13,15H2/t18-/m1/s1. The van der Waals surface area contributed by atoms with Crippen molar-refractivity contribution < 1.29 is 14.3 Å². The topological polar surface area (TPSA) is 82.4 Å². The number of para-hydroxylation sites is 1. The van der Waals surface area contributed by atoms with E-state index in [4.69, 9.17) is 9.47 Å². The summed E-state index contributed by atoms with van der Waals surface area (Å²) in [5.41, 5.74) is 1.96. The number of carbonyl (C=O) groups excluding carboxylic acids is 1. The minimum absolute atomic E-state index is 0.0513. The van der Waals surface area contributed by atoms with Gasteiger partial charge in [0.05, 0.1) is 30.7 Å². The highest BCUT2D eigenvalue weighted by molar-refractivity contribution is 7.99. The smallest absolute Gasteiger partial charge is 0.233 e. The molecule has 0 bridgehead atoms. The highest BCUT2D eigenvalue weighted by Crippen LogP contribution is 2.38. The van der Waals surface area contributed by atoms with Crippen LogP contribution in [0.25, 0.3) is 5.69 Å². The van der Waals surface area contributed by atoms with E-state index in [-0.39, 0.29) is 17.7 Å². The molecule has 0 spiro atoms. The largest absolute Gasteiger partial charge is 0.490 e. The number of thioether (sulfide) groups is 1. The highest BCUT2D eigenvalue weighted by Gasteiger charge is 2.31. The molecule has 5 rings (SSSR count). The van der Waals surface area contributed by atoms with Gasteiger partial charge in [-0.15, -0.1) is 5.10 Å². The van der Waals surface area contributed by atoms with Crippen molar-refractivity contribution in [1.82, 2.24) is 25.1 Å². The third-order valence-corrected chi connectivity index (χ3v) is 6.40. The fourth-order valence-electron chi connectivity index (χ4n) is 4.01. The fourth-order valence-corrected chi connectivity index (χ4v) is 4.79. The number of fused-ring (bicyclic) bond motifs is 1. The molecule has 1 amide bonds. The number of hydrogen-bond donors (Lipinski definition) is 0. The number of benzene rings is 2. The third kappa shape index (κ3) is 4.23. The van der Waals surface area contributed by atoms with Crippen molar-refractivity contribution in [3.8, 4) is 17.2 Å². The van der Waals surface area contributed by atoms with Crippen molar-refractivity contribution in [3.05, 3.63) is 54.1 Å². The van der Waals surface area contributed by atoms with E-state index < -0.39 is 0 Å². The van der Waals surface area contributed by atoms with Crippen LogP contribution in [0, 0.1) is 0 Å². The zero-order valence-electron chi connectivity index (χ0n) is 17.0. The van der Waals surface area contributed by atoms with Crippen molar-refractivity contribution in [1.29, 1.82) is 0 Å². The maximum atomic E-state index is 13.1. The molecular weight excluding hydrogens is 414 g/mol. The second-order valence-electron chi connectivity index (χ2n) is 7.50. The van der Waals surface area contributed by atoms with Crippen molar-refractivity contribution in [2.75, 3.05) is 25.5 Å². The van der Waals surface area contributed by atoms with E-state index in [1.807, 2.05) is 53.4 Å². The van der Waals surface area contributed by atoms with Crippen molar-refractivity contribution >= 4 is 17.7 Å². The van der Waals surface area contributed by atoms with Crippen LogP contribution in [0.4, 0.5) is 0 Å². The van der Waals surface area contributed by atoms with Gasteiger partial charge in [-0.3, -0.25) is 4.79 Å². The number of ether oxygens (including phenoxy) is 2. The molecule has 0 unspecified atom stereocenters. The molecule has 0 N–H and O–H groups in total. The van der Waals surface area contributed by atoms with E-state index in [9.17, 15) is 4.79 Å². The Bertz CT molecular complexity index is 1060. The lowest BCUT2D eigenvalue weighted by molar-refractivity contribution is -0.129. The Morgan fingerprint density at radius 1 is 1.06 bits per heavy atom. The van der Waals surface area contributed by atoms with Gasteiger partial charge in [-0.2, -0.15) is 4.68 Å². The van der Waals surface area contributed by atoms with Crippen molar-refractivity contribution in [2.24, 2.45) is 0 Å². The number of carbonyl (C=O) groups is 1. The summed E-state index contributed by atoms with van der Waals surface area (Å²) in [7, 11) is 0. The van der Waals surface area contributed by atoms with E-state index in [0.29, 0.717) is 18.4 Å². The monoisotopic (exact) mass is 437 g/mol. The molecule has 0 saturated carbocycles. The molecule has 1 aromatic heterocycles. The van der Waals surface area contributed by atoms with Gasteiger partial charge in [0.2, 0.25) is 11.1 Å². The number of nitrogens with zero attached hydrogens (tertiary/aromatic N) is 5. The molecule has 3 aromatic rings. The first-order valence-corrected chi connectivity index (χ1v) is 11.4. The minimum Gasteiger partial charge on any atom is -0.490 e. The van der Waals surface area contributed by atoms with Crippen LogP contribution >= 0.6 is 11.8 Å². The average molecular weight is 438 g/mol. The zero-order valence-corrected chi connectivity index (χ0v) is 17.8. The Morgan fingerprint density at radius 2 is 1.90 bits per heavy atom. The van der Waals surface area contributed by atoms with Crippen LogP contribution in [0.15, 0.2) is 53.7 Å². The van der Waals surface area contributed by atoms with E-state index in [2.05, 4.69) is 15.5 Å². The lowest BCUT2D eigenvalue weighted by Crippen LogP contribution is -2.32. The van der Waals surface area contributed by atoms with Crippen molar-refractivity contribution in [2.45, 2.75) is 30.5 Å². The molecule has 1 atom stereocenters. The predicted molar refractivity (Wildman–Crippen MR) is 116 cm³/mol. The summed E-state index contributed by atoms with van der Waals surface area (Å²) in [5.74, 6) is 1.92. The van der Waals surface area contributed by atoms with Crippen LogP contribution < -0.4 is 9.47 Å². The molecule has 8 nitrogen and oxygen atoms in total. The van der Waals surface area contributed by atoms with Gasteiger partial charge in [-0.25, -0.2) is 0 Å². The Balaban J connectivity index is 1.28. The minimum atomic E-state index is 0.0513. The van der Waals surface area contributed by atoms with Crippen LogP contribution in [0.1, 0.15) is 30.9 Å². The lowest BCUT2D eigenvalue weighted by Gasteiger charge is -2.25. The fraction of sp³-hybridized carbons (Fsp3) is 0.364. The first-order chi connectivity index (χ1) is 15.3. The summed E-state index contributed by atoms with van der Waals surface area (Å²) in [4.78, 5) is 15.0. The van der Waals surface area contributed by atoms with E-state index in [1.54, 1.807) is 4.68 Å². The quantitative estimate of drug-likeness (QED) is 0.567. The van der Waals surface area contributed by atoms with Gasteiger partial charge in [0, 0.05) is 13.0 Å². The molecule has 9 heteroatoms. The van der Waals surface area contributed by atoms with Gasteiger partial charge in [0.15, 0.2) is 11.5 Å². The van der Waals surface area contributed by atoms with Crippen molar-refractivity contribution in [3.63, 3.8) is 0 Å². The molecule has 2 aliphatic rings. The Hall–Kier alpha value is -3.07. The number of hydrogen-bond acceptors (Lipinski definition) is 7. The molecule has 160 valence electrons. The Labute approximate surface area is 184 Å². The summed E-state index contributed by atoms with van der Waals surface area (Å²) in [6.07, 6.45) is 2.80. The lowest BCUT2D eigenvalue weighted by atomic mass is 10.0. The van der Waals surface area contributed by atoms with E-state index in [1.165, 1.54) is 11.8 Å². The Kier molecular flexibility index (Phi) is 5.75. The summed E-state index contributed by atoms with van der Waals surface area (Å²) >= 11 is 1.36. The first kappa shape index (κ1) is 19.9. The predicted octanol–water partition coefficient (Wildman–Crippen LogP) is 3.28. The molecule has 3 heterocycles.